The van der Waals surface area contributed by atoms with Gasteiger partial charge in [0, 0.05) is 16.2 Å². The van der Waals surface area contributed by atoms with Crippen molar-refractivity contribution in [2.75, 3.05) is 0 Å². The summed E-state index contributed by atoms with van der Waals surface area (Å²) in [5.41, 5.74) is 10.6. The van der Waals surface area contributed by atoms with Gasteiger partial charge >= 0.3 is 0 Å². The zero-order valence-electron chi connectivity index (χ0n) is 11.9. The normalized spacial score (nSPS) is 18.8. The SMILES string of the molecule is Cc1ccccc1CC(N)CC1Cc2ccccc2S1. The van der Waals surface area contributed by atoms with Crippen LogP contribution in [0.4, 0.5) is 0 Å². The molecule has 0 saturated carbocycles. The molecule has 20 heavy (non-hydrogen) atoms. The summed E-state index contributed by atoms with van der Waals surface area (Å²) < 4.78 is 0. The van der Waals surface area contributed by atoms with Crippen molar-refractivity contribution in [3.63, 3.8) is 0 Å². The summed E-state index contributed by atoms with van der Waals surface area (Å²) in [6.07, 6.45) is 3.25. The fourth-order valence-electron chi connectivity index (χ4n) is 2.93. The van der Waals surface area contributed by atoms with Gasteiger partial charge in [0.05, 0.1) is 0 Å². The Morgan fingerprint density at radius 1 is 1.15 bits per heavy atom. The van der Waals surface area contributed by atoms with Gasteiger partial charge in [-0.15, -0.1) is 11.8 Å². The molecule has 0 aliphatic carbocycles. The second-order valence-electron chi connectivity index (χ2n) is 5.68. The lowest BCUT2D eigenvalue weighted by molar-refractivity contribution is 0.592. The number of fused-ring (bicyclic) bond motifs is 1. The van der Waals surface area contributed by atoms with Crippen LogP contribution in [0.2, 0.25) is 0 Å². The van der Waals surface area contributed by atoms with Crippen molar-refractivity contribution in [3.05, 3.63) is 65.2 Å². The minimum atomic E-state index is 0.253. The summed E-state index contributed by atoms with van der Waals surface area (Å²) >= 11 is 2.00. The Morgan fingerprint density at radius 2 is 1.90 bits per heavy atom. The standard InChI is InChI=1S/C18H21NS/c1-13-6-2-3-7-14(13)10-16(19)12-17-11-15-8-4-5-9-18(15)20-17/h2-9,16-17H,10-12,19H2,1H3. The molecule has 0 bridgehead atoms. The molecule has 1 aliphatic rings. The molecule has 2 aromatic carbocycles. The third kappa shape index (κ3) is 3.08. The molecule has 104 valence electrons. The number of aryl methyl sites for hydroxylation is 1. The highest BCUT2D eigenvalue weighted by atomic mass is 32.2. The van der Waals surface area contributed by atoms with Crippen LogP contribution in [-0.4, -0.2) is 11.3 Å². The predicted octanol–water partition coefficient (Wildman–Crippen LogP) is 3.97. The Labute approximate surface area is 125 Å². The lowest BCUT2D eigenvalue weighted by Gasteiger charge is -2.17. The number of benzene rings is 2. The molecule has 2 heteroatoms. The van der Waals surface area contributed by atoms with E-state index in [-0.39, 0.29) is 6.04 Å². The molecule has 1 aliphatic heterocycles. The topological polar surface area (TPSA) is 26.0 Å². The summed E-state index contributed by atoms with van der Waals surface area (Å²) in [6.45, 7) is 2.17. The average Bonchev–Trinajstić information content (AvgIpc) is 2.83. The van der Waals surface area contributed by atoms with Crippen LogP contribution in [0.5, 0.6) is 0 Å². The molecular formula is C18H21NS. The molecule has 0 saturated heterocycles. The fourth-order valence-corrected chi connectivity index (χ4v) is 4.35. The van der Waals surface area contributed by atoms with Gasteiger partial charge in [-0.05, 0) is 48.9 Å². The number of hydrogen-bond donors (Lipinski definition) is 1. The van der Waals surface area contributed by atoms with E-state index in [0.29, 0.717) is 5.25 Å². The molecule has 3 rings (SSSR count). The zero-order chi connectivity index (χ0) is 13.9. The Bertz CT molecular complexity index is 568. The fraction of sp³-hybridized carbons (Fsp3) is 0.333. The van der Waals surface area contributed by atoms with Crippen LogP contribution >= 0.6 is 11.8 Å². The minimum Gasteiger partial charge on any atom is -0.327 e. The lowest BCUT2D eigenvalue weighted by atomic mass is 9.97. The lowest BCUT2D eigenvalue weighted by Crippen LogP contribution is -2.27. The molecule has 2 N–H and O–H groups in total. The van der Waals surface area contributed by atoms with Crippen molar-refractivity contribution in [2.45, 2.75) is 42.4 Å². The Morgan fingerprint density at radius 3 is 2.70 bits per heavy atom. The van der Waals surface area contributed by atoms with Crippen LogP contribution in [0.15, 0.2) is 53.4 Å². The molecule has 0 amide bonds. The van der Waals surface area contributed by atoms with Gasteiger partial charge in [-0.2, -0.15) is 0 Å². The van der Waals surface area contributed by atoms with Gasteiger partial charge in [0.1, 0.15) is 0 Å². The first kappa shape index (κ1) is 13.7. The minimum absolute atomic E-state index is 0.253. The van der Waals surface area contributed by atoms with Crippen LogP contribution in [0.3, 0.4) is 0 Å². The molecule has 0 spiro atoms. The quantitative estimate of drug-likeness (QED) is 0.918. The summed E-state index contributed by atoms with van der Waals surface area (Å²) in [5.74, 6) is 0. The zero-order valence-corrected chi connectivity index (χ0v) is 12.7. The molecule has 1 nitrogen and oxygen atoms in total. The second kappa shape index (κ2) is 6.02. The Kier molecular flexibility index (Phi) is 4.13. The maximum absolute atomic E-state index is 6.38. The first-order valence-electron chi connectivity index (χ1n) is 7.27. The Hall–Kier alpha value is -1.25. The number of thioether (sulfide) groups is 1. The van der Waals surface area contributed by atoms with E-state index in [4.69, 9.17) is 5.73 Å². The number of hydrogen-bond acceptors (Lipinski definition) is 2. The molecular weight excluding hydrogens is 262 g/mol. The number of nitrogens with two attached hydrogens (primary N) is 1. The van der Waals surface area contributed by atoms with Crippen molar-refractivity contribution in [1.82, 2.24) is 0 Å². The van der Waals surface area contributed by atoms with Crippen molar-refractivity contribution in [2.24, 2.45) is 5.73 Å². The Balaban J connectivity index is 1.59. The van der Waals surface area contributed by atoms with Gasteiger partial charge in [-0.1, -0.05) is 42.5 Å². The van der Waals surface area contributed by atoms with Crippen molar-refractivity contribution in [3.8, 4) is 0 Å². The highest BCUT2D eigenvalue weighted by Gasteiger charge is 2.23. The van der Waals surface area contributed by atoms with Gasteiger partial charge in [0.15, 0.2) is 0 Å². The van der Waals surface area contributed by atoms with Crippen LogP contribution in [0.25, 0.3) is 0 Å². The van der Waals surface area contributed by atoms with Gasteiger partial charge in [-0.3, -0.25) is 0 Å². The van der Waals surface area contributed by atoms with Crippen molar-refractivity contribution in [1.29, 1.82) is 0 Å². The van der Waals surface area contributed by atoms with E-state index < -0.39 is 0 Å². The summed E-state index contributed by atoms with van der Waals surface area (Å²) in [4.78, 5) is 1.44. The van der Waals surface area contributed by atoms with E-state index in [1.807, 2.05) is 11.8 Å². The second-order valence-corrected chi connectivity index (χ2v) is 7.02. The van der Waals surface area contributed by atoms with Crippen LogP contribution in [-0.2, 0) is 12.8 Å². The third-order valence-corrected chi connectivity index (χ3v) is 5.37. The summed E-state index contributed by atoms with van der Waals surface area (Å²) in [5, 5.41) is 0.645. The molecule has 0 fully saturated rings. The van der Waals surface area contributed by atoms with Gasteiger partial charge in [0.2, 0.25) is 0 Å². The molecule has 2 unspecified atom stereocenters. The van der Waals surface area contributed by atoms with Gasteiger partial charge < -0.3 is 5.73 Å². The van der Waals surface area contributed by atoms with Crippen LogP contribution < -0.4 is 5.73 Å². The molecule has 1 heterocycles. The van der Waals surface area contributed by atoms with Crippen molar-refractivity contribution >= 4 is 11.8 Å². The smallest absolute Gasteiger partial charge is 0.0150 e. The largest absolute Gasteiger partial charge is 0.327 e. The van der Waals surface area contributed by atoms with Crippen LogP contribution in [0.1, 0.15) is 23.1 Å². The molecule has 2 aromatic rings. The first-order chi connectivity index (χ1) is 9.72. The monoisotopic (exact) mass is 283 g/mol. The van der Waals surface area contributed by atoms with Gasteiger partial charge in [-0.25, -0.2) is 0 Å². The maximum atomic E-state index is 6.38. The molecule has 0 aromatic heterocycles. The van der Waals surface area contributed by atoms with Crippen LogP contribution in [0, 0.1) is 6.92 Å². The van der Waals surface area contributed by atoms with Gasteiger partial charge in [0.25, 0.3) is 0 Å². The van der Waals surface area contributed by atoms with E-state index >= 15 is 0 Å². The summed E-state index contributed by atoms with van der Waals surface area (Å²) in [7, 11) is 0. The van der Waals surface area contributed by atoms with E-state index in [1.54, 1.807) is 0 Å². The first-order valence-corrected chi connectivity index (χ1v) is 8.15. The molecule has 2 atom stereocenters. The molecule has 0 radical (unpaired) electrons. The third-order valence-electron chi connectivity index (χ3n) is 4.02. The van der Waals surface area contributed by atoms with E-state index in [9.17, 15) is 0 Å². The summed E-state index contributed by atoms with van der Waals surface area (Å²) in [6, 6.07) is 17.6. The number of rotatable bonds is 4. The van der Waals surface area contributed by atoms with E-state index in [2.05, 4.69) is 55.5 Å². The maximum Gasteiger partial charge on any atom is 0.0150 e. The average molecular weight is 283 g/mol. The highest BCUT2D eigenvalue weighted by molar-refractivity contribution is 8.00. The van der Waals surface area contributed by atoms with Crippen molar-refractivity contribution < 1.29 is 0 Å². The highest BCUT2D eigenvalue weighted by Crippen LogP contribution is 2.38. The van der Waals surface area contributed by atoms with E-state index in [0.717, 1.165) is 12.8 Å². The predicted molar refractivity (Wildman–Crippen MR) is 87.3 cm³/mol. The van der Waals surface area contributed by atoms with E-state index in [1.165, 1.54) is 28.0 Å².